The topological polar surface area (TPSA) is 17.1 Å². The zero-order valence-electron chi connectivity index (χ0n) is 6.02. The summed E-state index contributed by atoms with van der Waals surface area (Å²) in [7, 11) is 0.177. The molecule has 0 radical (unpaired) electrons. The van der Waals surface area contributed by atoms with Gasteiger partial charge in [0, 0.05) is 15.9 Å². The van der Waals surface area contributed by atoms with Crippen molar-refractivity contribution in [2.24, 2.45) is 0 Å². The molecule has 0 saturated carbocycles. The van der Waals surface area contributed by atoms with Gasteiger partial charge in [-0.15, -0.1) is 0 Å². The standard InChI is InChI=1S/C7H14OSi/c1-3-7(8)5-4-6-9-2/h3H,1,4-6,9H2,2H3. The largest absolute Gasteiger partial charge is 0.295 e. The van der Waals surface area contributed by atoms with E-state index in [0.717, 1.165) is 6.42 Å². The first-order valence-electron chi connectivity index (χ1n) is 3.46. The molecule has 0 spiro atoms. The third kappa shape index (κ3) is 5.50. The highest BCUT2D eigenvalue weighted by Crippen LogP contribution is 1.95. The maximum atomic E-state index is 10.6. The van der Waals surface area contributed by atoms with Crippen LogP contribution < -0.4 is 0 Å². The Hall–Kier alpha value is -0.373. The van der Waals surface area contributed by atoms with Gasteiger partial charge in [0.15, 0.2) is 5.78 Å². The van der Waals surface area contributed by atoms with E-state index in [2.05, 4.69) is 13.1 Å². The molecule has 2 heteroatoms. The number of ketones is 1. The number of hydrogen-bond acceptors (Lipinski definition) is 1. The average Bonchev–Trinajstić information content (AvgIpc) is 1.89. The molecule has 0 bridgehead atoms. The second-order valence-corrected chi connectivity index (χ2v) is 3.83. The number of carbonyl (C=O) groups is 1. The average molecular weight is 142 g/mol. The summed E-state index contributed by atoms with van der Waals surface area (Å²) in [6, 6.07) is 1.29. The lowest BCUT2D eigenvalue weighted by Gasteiger charge is -1.91. The lowest BCUT2D eigenvalue weighted by atomic mass is 10.2. The Morgan fingerprint density at radius 1 is 1.78 bits per heavy atom. The molecule has 0 rings (SSSR count). The first-order valence-corrected chi connectivity index (χ1v) is 5.88. The van der Waals surface area contributed by atoms with Crippen LogP contribution in [-0.4, -0.2) is 15.3 Å². The van der Waals surface area contributed by atoms with E-state index in [-0.39, 0.29) is 15.3 Å². The fourth-order valence-electron chi connectivity index (χ4n) is 0.651. The Labute approximate surface area is 59.0 Å². The van der Waals surface area contributed by atoms with Crippen LogP contribution in [0.25, 0.3) is 0 Å². The first kappa shape index (κ1) is 8.63. The monoisotopic (exact) mass is 142 g/mol. The van der Waals surface area contributed by atoms with Crippen molar-refractivity contribution in [2.75, 3.05) is 0 Å². The molecular weight excluding hydrogens is 128 g/mol. The second-order valence-electron chi connectivity index (χ2n) is 2.13. The van der Waals surface area contributed by atoms with Crippen LogP contribution in [0.4, 0.5) is 0 Å². The van der Waals surface area contributed by atoms with Crippen molar-refractivity contribution < 1.29 is 4.79 Å². The van der Waals surface area contributed by atoms with Crippen LogP contribution in [0.15, 0.2) is 12.7 Å². The van der Waals surface area contributed by atoms with Crippen molar-refractivity contribution in [2.45, 2.75) is 25.4 Å². The molecule has 0 aromatic rings. The Bertz CT molecular complexity index is 99.1. The number of allylic oxidation sites excluding steroid dienone is 1. The molecule has 0 aliphatic rings. The molecule has 1 nitrogen and oxygen atoms in total. The summed E-state index contributed by atoms with van der Waals surface area (Å²) in [5, 5.41) is 0. The fourth-order valence-corrected chi connectivity index (χ4v) is 1.40. The van der Waals surface area contributed by atoms with Gasteiger partial charge in [-0.2, -0.15) is 0 Å². The van der Waals surface area contributed by atoms with E-state index in [1.165, 1.54) is 12.1 Å². The minimum atomic E-state index is 0.177. The van der Waals surface area contributed by atoms with Gasteiger partial charge in [0.25, 0.3) is 0 Å². The molecule has 0 unspecified atom stereocenters. The summed E-state index contributed by atoms with van der Waals surface area (Å²) in [6.07, 6.45) is 3.20. The molecule has 0 amide bonds. The quantitative estimate of drug-likeness (QED) is 0.320. The third-order valence-corrected chi connectivity index (χ3v) is 2.46. The second kappa shape index (κ2) is 5.76. The van der Waals surface area contributed by atoms with Crippen LogP contribution in [0.1, 0.15) is 12.8 Å². The van der Waals surface area contributed by atoms with E-state index in [4.69, 9.17) is 0 Å². The Morgan fingerprint density at radius 2 is 2.44 bits per heavy atom. The van der Waals surface area contributed by atoms with Crippen molar-refractivity contribution in [3.63, 3.8) is 0 Å². The number of hydrogen-bond donors (Lipinski definition) is 0. The number of rotatable bonds is 5. The van der Waals surface area contributed by atoms with E-state index in [9.17, 15) is 4.79 Å². The van der Waals surface area contributed by atoms with Gasteiger partial charge in [-0.1, -0.05) is 19.2 Å². The van der Waals surface area contributed by atoms with Gasteiger partial charge in [0.2, 0.25) is 0 Å². The minimum Gasteiger partial charge on any atom is -0.295 e. The van der Waals surface area contributed by atoms with Gasteiger partial charge in [0.05, 0.1) is 0 Å². The smallest absolute Gasteiger partial charge is 0.155 e. The van der Waals surface area contributed by atoms with E-state index < -0.39 is 0 Å². The zero-order valence-corrected chi connectivity index (χ0v) is 7.44. The molecular formula is C7H14OSi. The Kier molecular flexibility index (Phi) is 5.52. The van der Waals surface area contributed by atoms with Crippen LogP contribution in [-0.2, 0) is 4.79 Å². The van der Waals surface area contributed by atoms with Crippen molar-refractivity contribution in [1.82, 2.24) is 0 Å². The normalized spacial score (nSPS) is 10.3. The molecule has 0 heterocycles. The summed E-state index contributed by atoms with van der Waals surface area (Å²) in [4.78, 5) is 10.6. The Morgan fingerprint density at radius 3 is 2.89 bits per heavy atom. The van der Waals surface area contributed by atoms with E-state index in [0.29, 0.717) is 6.42 Å². The maximum absolute atomic E-state index is 10.6. The predicted octanol–water partition coefficient (Wildman–Crippen LogP) is 1.16. The van der Waals surface area contributed by atoms with Crippen molar-refractivity contribution in [1.29, 1.82) is 0 Å². The molecule has 0 fully saturated rings. The van der Waals surface area contributed by atoms with Crippen LogP contribution in [0.2, 0.25) is 12.6 Å². The highest BCUT2D eigenvalue weighted by Gasteiger charge is 1.92. The van der Waals surface area contributed by atoms with Crippen molar-refractivity contribution in [3.05, 3.63) is 12.7 Å². The van der Waals surface area contributed by atoms with Crippen molar-refractivity contribution >= 4 is 15.3 Å². The van der Waals surface area contributed by atoms with Crippen LogP contribution in [0.5, 0.6) is 0 Å². The predicted molar refractivity (Wildman–Crippen MR) is 43.7 cm³/mol. The van der Waals surface area contributed by atoms with Crippen LogP contribution in [0, 0.1) is 0 Å². The molecule has 0 saturated heterocycles. The van der Waals surface area contributed by atoms with E-state index >= 15 is 0 Å². The molecule has 0 aliphatic carbocycles. The SMILES string of the molecule is C=CC(=O)CCC[SiH2]C. The van der Waals surface area contributed by atoms with Gasteiger partial charge < -0.3 is 0 Å². The van der Waals surface area contributed by atoms with Gasteiger partial charge in [-0.3, -0.25) is 4.79 Å². The number of carbonyl (C=O) groups excluding carboxylic acids is 1. The minimum absolute atomic E-state index is 0.177. The molecule has 52 valence electrons. The summed E-state index contributed by atoms with van der Waals surface area (Å²) in [6.45, 7) is 5.66. The lowest BCUT2D eigenvalue weighted by molar-refractivity contribution is -0.114. The lowest BCUT2D eigenvalue weighted by Crippen LogP contribution is -1.91. The maximum Gasteiger partial charge on any atom is 0.155 e. The third-order valence-electron chi connectivity index (χ3n) is 1.25. The van der Waals surface area contributed by atoms with Gasteiger partial charge in [0.1, 0.15) is 0 Å². The van der Waals surface area contributed by atoms with Crippen LogP contribution in [0.3, 0.4) is 0 Å². The van der Waals surface area contributed by atoms with Gasteiger partial charge >= 0.3 is 0 Å². The van der Waals surface area contributed by atoms with Crippen LogP contribution >= 0.6 is 0 Å². The fraction of sp³-hybridized carbons (Fsp3) is 0.571. The highest BCUT2D eigenvalue weighted by molar-refractivity contribution is 6.33. The molecule has 0 atom stereocenters. The molecule has 0 aliphatic heterocycles. The van der Waals surface area contributed by atoms with E-state index in [1.54, 1.807) is 0 Å². The first-order chi connectivity index (χ1) is 4.31. The Balaban J connectivity index is 3.07. The van der Waals surface area contributed by atoms with E-state index in [1.807, 2.05) is 0 Å². The molecule has 0 aromatic heterocycles. The summed E-state index contributed by atoms with van der Waals surface area (Å²) < 4.78 is 0. The summed E-state index contributed by atoms with van der Waals surface area (Å²) in [5.74, 6) is 0.192. The zero-order chi connectivity index (χ0) is 7.11. The molecule has 0 aromatic carbocycles. The van der Waals surface area contributed by atoms with Gasteiger partial charge in [-0.05, 0) is 12.5 Å². The summed E-state index contributed by atoms with van der Waals surface area (Å²) in [5.41, 5.74) is 0. The van der Waals surface area contributed by atoms with Gasteiger partial charge in [-0.25, -0.2) is 0 Å². The molecule has 9 heavy (non-hydrogen) atoms. The molecule has 0 N–H and O–H groups in total. The summed E-state index contributed by atoms with van der Waals surface area (Å²) >= 11 is 0. The highest BCUT2D eigenvalue weighted by atomic mass is 28.2. The van der Waals surface area contributed by atoms with Crippen molar-refractivity contribution in [3.8, 4) is 0 Å².